The molecule has 0 unspecified atom stereocenters. The molecule has 138 valence electrons. The Morgan fingerprint density at radius 2 is 2.04 bits per heavy atom. The van der Waals surface area contributed by atoms with Gasteiger partial charge in [0.25, 0.3) is 0 Å². The summed E-state index contributed by atoms with van der Waals surface area (Å²) < 4.78 is 26.5. The highest BCUT2D eigenvalue weighted by atomic mass is 32.2. The van der Waals surface area contributed by atoms with Crippen LogP contribution in [0.3, 0.4) is 0 Å². The fourth-order valence-corrected chi connectivity index (χ4v) is 4.18. The van der Waals surface area contributed by atoms with Crippen LogP contribution in [0.2, 0.25) is 0 Å². The second-order valence-corrected chi connectivity index (χ2v) is 7.66. The maximum Gasteiger partial charge on any atom is 0.243 e. The third kappa shape index (κ3) is 5.00. The number of sulfonamides is 1. The van der Waals surface area contributed by atoms with Crippen molar-refractivity contribution in [2.75, 3.05) is 44.6 Å². The molecule has 1 aliphatic heterocycles. The average Bonchev–Trinajstić information content (AvgIpc) is 2.56. The van der Waals surface area contributed by atoms with E-state index in [1.54, 1.807) is 30.9 Å². The van der Waals surface area contributed by atoms with Crippen LogP contribution in [0.25, 0.3) is 0 Å². The lowest BCUT2D eigenvalue weighted by molar-refractivity contribution is -0.125. The summed E-state index contributed by atoms with van der Waals surface area (Å²) in [7, 11) is -3.58. The van der Waals surface area contributed by atoms with Gasteiger partial charge >= 0.3 is 0 Å². The number of hydrogen-bond donors (Lipinski definition) is 2. The standard InChI is InChI=1S/C16H24N4O4S/c1-3-20(4-2)25(23,24)14-7-5-6-13(10-14)18-16(22)12-19-9-8-17-15(21)11-19/h5-7,10H,3-4,8-9,11-12H2,1-2H3,(H,17,21)(H,18,22). The summed E-state index contributed by atoms with van der Waals surface area (Å²) in [6, 6.07) is 6.20. The number of nitrogens with zero attached hydrogens (tertiary/aromatic N) is 2. The smallest absolute Gasteiger partial charge is 0.243 e. The zero-order valence-electron chi connectivity index (χ0n) is 14.5. The topological polar surface area (TPSA) is 98.8 Å². The fourth-order valence-electron chi connectivity index (χ4n) is 2.68. The predicted molar refractivity (Wildman–Crippen MR) is 94.6 cm³/mol. The molecule has 2 N–H and O–H groups in total. The van der Waals surface area contributed by atoms with Gasteiger partial charge in [-0.2, -0.15) is 4.31 Å². The third-order valence-electron chi connectivity index (χ3n) is 3.95. The van der Waals surface area contributed by atoms with E-state index in [0.717, 1.165) is 0 Å². The van der Waals surface area contributed by atoms with Crippen molar-refractivity contribution in [1.82, 2.24) is 14.5 Å². The van der Waals surface area contributed by atoms with Crippen LogP contribution in [0, 0.1) is 0 Å². The van der Waals surface area contributed by atoms with Crippen molar-refractivity contribution in [2.45, 2.75) is 18.7 Å². The van der Waals surface area contributed by atoms with Gasteiger partial charge in [-0.05, 0) is 18.2 Å². The molecule has 8 nitrogen and oxygen atoms in total. The van der Waals surface area contributed by atoms with Crippen LogP contribution in [0.4, 0.5) is 5.69 Å². The average molecular weight is 368 g/mol. The Morgan fingerprint density at radius 1 is 1.32 bits per heavy atom. The maximum atomic E-state index is 12.5. The van der Waals surface area contributed by atoms with E-state index in [9.17, 15) is 18.0 Å². The normalized spacial score (nSPS) is 15.9. The number of piperazine rings is 1. The van der Waals surface area contributed by atoms with Crippen molar-refractivity contribution in [2.24, 2.45) is 0 Å². The van der Waals surface area contributed by atoms with Gasteiger partial charge in [0, 0.05) is 31.9 Å². The van der Waals surface area contributed by atoms with Crippen molar-refractivity contribution in [3.05, 3.63) is 24.3 Å². The number of benzene rings is 1. The number of carbonyl (C=O) groups excluding carboxylic acids is 2. The molecule has 2 rings (SSSR count). The summed E-state index contributed by atoms with van der Waals surface area (Å²) in [5.74, 6) is -0.390. The molecular formula is C16H24N4O4S. The molecule has 0 bridgehead atoms. The molecule has 0 atom stereocenters. The molecular weight excluding hydrogens is 344 g/mol. The van der Waals surface area contributed by atoms with Gasteiger partial charge in [-0.15, -0.1) is 0 Å². The van der Waals surface area contributed by atoms with E-state index in [4.69, 9.17) is 0 Å². The van der Waals surface area contributed by atoms with E-state index in [1.165, 1.54) is 16.4 Å². The van der Waals surface area contributed by atoms with Gasteiger partial charge in [0.1, 0.15) is 0 Å². The molecule has 2 amide bonds. The van der Waals surface area contributed by atoms with Gasteiger partial charge < -0.3 is 10.6 Å². The number of hydrogen-bond acceptors (Lipinski definition) is 5. The van der Waals surface area contributed by atoms with Gasteiger partial charge in [-0.25, -0.2) is 8.42 Å². The van der Waals surface area contributed by atoms with Crippen molar-refractivity contribution in [3.8, 4) is 0 Å². The minimum absolute atomic E-state index is 0.0838. The zero-order chi connectivity index (χ0) is 18.4. The van der Waals surface area contributed by atoms with Crippen molar-refractivity contribution in [3.63, 3.8) is 0 Å². The Hall–Kier alpha value is -1.97. The molecule has 1 fully saturated rings. The van der Waals surface area contributed by atoms with Crippen LogP contribution in [0.5, 0.6) is 0 Å². The second kappa shape index (κ2) is 8.41. The molecule has 0 radical (unpaired) electrons. The van der Waals surface area contributed by atoms with Crippen LogP contribution in [0.1, 0.15) is 13.8 Å². The second-order valence-electron chi connectivity index (χ2n) is 5.73. The lowest BCUT2D eigenvalue weighted by Gasteiger charge is -2.25. The van der Waals surface area contributed by atoms with E-state index < -0.39 is 10.0 Å². The maximum absolute atomic E-state index is 12.5. The first-order valence-corrected chi connectivity index (χ1v) is 9.70. The highest BCUT2D eigenvalue weighted by Crippen LogP contribution is 2.19. The molecule has 1 aromatic rings. The molecule has 0 spiro atoms. The first-order valence-electron chi connectivity index (χ1n) is 8.26. The predicted octanol–water partition coefficient (Wildman–Crippen LogP) is 0.0874. The van der Waals surface area contributed by atoms with Crippen LogP contribution in [-0.4, -0.2) is 68.7 Å². The monoisotopic (exact) mass is 368 g/mol. The Balaban J connectivity index is 2.06. The minimum Gasteiger partial charge on any atom is -0.354 e. The SMILES string of the molecule is CCN(CC)S(=O)(=O)c1cccc(NC(=O)CN2CCNC(=O)C2)c1. The van der Waals surface area contributed by atoms with Crippen LogP contribution < -0.4 is 10.6 Å². The summed E-state index contributed by atoms with van der Waals surface area (Å²) in [6.45, 7) is 5.71. The van der Waals surface area contributed by atoms with Crippen LogP contribution >= 0.6 is 0 Å². The quantitative estimate of drug-likeness (QED) is 0.711. The summed E-state index contributed by atoms with van der Waals surface area (Å²) in [5, 5.41) is 5.39. The van der Waals surface area contributed by atoms with Gasteiger partial charge in [0.15, 0.2) is 0 Å². The first-order chi connectivity index (χ1) is 11.9. The first kappa shape index (κ1) is 19.4. The zero-order valence-corrected chi connectivity index (χ0v) is 15.3. The summed E-state index contributed by atoms with van der Waals surface area (Å²) in [6.07, 6.45) is 0. The van der Waals surface area contributed by atoms with Gasteiger partial charge in [0.2, 0.25) is 21.8 Å². The molecule has 9 heteroatoms. The number of rotatable bonds is 7. The lowest BCUT2D eigenvalue weighted by atomic mass is 10.3. The molecule has 1 aliphatic rings. The summed E-state index contributed by atoms with van der Waals surface area (Å²) in [5.41, 5.74) is 0.416. The third-order valence-corrected chi connectivity index (χ3v) is 5.99. The van der Waals surface area contributed by atoms with Gasteiger partial charge in [-0.3, -0.25) is 14.5 Å². The van der Waals surface area contributed by atoms with E-state index >= 15 is 0 Å². The largest absolute Gasteiger partial charge is 0.354 e. The molecule has 0 aliphatic carbocycles. The molecule has 25 heavy (non-hydrogen) atoms. The summed E-state index contributed by atoms with van der Waals surface area (Å²) >= 11 is 0. The van der Waals surface area contributed by atoms with Crippen LogP contribution in [0.15, 0.2) is 29.2 Å². The van der Waals surface area contributed by atoms with Gasteiger partial charge in [0.05, 0.1) is 18.0 Å². The van der Waals surface area contributed by atoms with Gasteiger partial charge in [-0.1, -0.05) is 19.9 Å². The van der Waals surface area contributed by atoms with Crippen molar-refractivity contribution in [1.29, 1.82) is 0 Å². The molecule has 0 saturated carbocycles. The van der Waals surface area contributed by atoms with Crippen molar-refractivity contribution >= 4 is 27.5 Å². The minimum atomic E-state index is -3.58. The van der Waals surface area contributed by atoms with E-state index in [0.29, 0.717) is 31.9 Å². The molecule has 0 aromatic heterocycles. The number of nitrogens with one attached hydrogen (secondary N) is 2. The molecule has 1 heterocycles. The fraction of sp³-hybridized carbons (Fsp3) is 0.500. The van der Waals surface area contributed by atoms with E-state index in [-0.39, 0.29) is 29.8 Å². The Morgan fingerprint density at radius 3 is 2.68 bits per heavy atom. The Kier molecular flexibility index (Phi) is 6.51. The van der Waals surface area contributed by atoms with Crippen LogP contribution in [-0.2, 0) is 19.6 Å². The Labute approximate surface area is 148 Å². The van der Waals surface area contributed by atoms with E-state index in [2.05, 4.69) is 10.6 Å². The lowest BCUT2D eigenvalue weighted by Crippen LogP contribution is -2.49. The van der Waals surface area contributed by atoms with Crippen molar-refractivity contribution < 1.29 is 18.0 Å². The number of amides is 2. The number of carbonyl (C=O) groups is 2. The van der Waals surface area contributed by atoms with E-state index in [1.807, 2.05) is 0 Å². The Bertz CT molecular complexity index is 731. The highest BCUT2D eigenvalue weighted by Gasteiger charge is 2.22. The molecule has 1 saturated heterocycles. The molecule has 1 aromatic carbocycles. The summed E-state index contributed by atoms with van der Waals surface area (Å²) in [4.78, 5) is 25.4. The number of anilines is 1. The highest BCUT2D eigenvalue weighted by molar-refractivity contribution is 7.89.